The smallest absolute Gasteiger partial charge is 0.274 e. The Kier molecular flexibility index (Phi) is 5.18. The van der Waals surface area contributed by atoms with Gasteiger partial charge in [0.15, 0.2) is 0 Å². The van der Waals surface area contributed by atoms with Crippen molar-refractivity contribution in [3.8, 4) is 0 Å². The monoisotopic (exact) mass is 334 g/mol. The van der Waals surface area contributed by atoms with Crippen LogP contribution in [0.3, 0.4) is 0 Å². The number of hydrogen-bond acceptors (Lipinski definition) is 4. The first-order chi connectivity index (χ1) is 11.6. The van der Waals surface area contributed by atoms with Crippen molar-refractivity contribution in [2.45, 2.75) is 31.7 Å². The molecule has 0 spiro atoms. The average Bonchev–Trinajstić information content (AvgIpc) is 2.95. The average molecular weight is 334 g/mol. The van der Waals surface area contributed by atoms with Crippen LogP contribution in [-0.2, 0) is 16.6 Å². The number of carbonyl (C=O) groups excluding carboxylic acids is 2. The van der Waals surface area contributed by atoms with Gasteiger partial charge in [-0.15, -0.1) is 0 Å². The van der Waals surface area contributed by atoms with Gasteiger partial charge in [-0.25, -0.2) is 0 Å². The molecule has 7 heteroatoms. The predicted octanol–water partition coefficient (Wildman–Crippen LogP) is 0.910. The number of carbonyl (C=O) groups is 2. The van der Waals surface area contributed by atoms with Gasteiger partial charge < -0.3 is 14.5 Å². The Balaban J connectivity index is 1.70. The lowest BCUT2D eigenvalue weighted by Crippen LogP contribution is -2.53. The summed E-state index contributed by atoms with van der Waals surface area (Å²) in [6.45, 7) is 2.58. The van der Waals surface area contributed by atoms with Crippen LogP contribution in [-0.4, -0.2) is 70.8 Å². The number of piperidine rings is 1. The van der Waals surface area contributed by atoms with E-state index in [4.69, 9.17) is 4.74 Å². The minimum Gasteiger partial charge on any atom is -0.383 e. The fraction of sp³-hybridized carbons (Fsp3) is 0.706. The lowest BCUT2D eigenvalue weighted by molar-refractivity contribution is -0.135. The topological polar surface area (TPSA) is 67.7 Å². The van der Waals surface area contributed by atoms with Crippen molar-refractivity contribution in [2.24, 2.45) is 13.0 Å². The molecule has 2 amide bonds. The first-order valence-electron chi connectivity index (χ1n) is 8.67. The highest BCUT2D eigenvalue weighted by molar-refractivity contribution is 5.92. The molecule has 0 N–H and O–H groups in total. The summed E-state index contributed by atoms with van der Waals surface area (Å²) in [5.74, 6) is 0.562. The maximum absolute atomic E-state index is 12.6. The van der Waals surface area contributed by atoms with Crippen molar-refractivity contribution in [3.05, 3.63) is 18.0 Å². The van der Waals surface area contributed by atoms with Crippen molar-refractivity contribution in [3.63, 3.8) is 0 Å². The Bertz CT molecular complexity index is 600. The molecule has 24 heavy (non-hydrogen) atoms. The zero-order valence-corrected chi connectivity index (χ0v) is 14.5. The summed E-state index contributed by atoms with van der Waals surface area (Å²) in [7, 11) is 3.47. The number of aryl methyl sites for hydroxylation is 1. The molecular weight excluding hydrogens is 308 g/mol. The lowest BCUT2D eigenvalue weighted by Gasteiger charge is -2.42. The molecule has 3 heterocycles. The molecule has 2 atom stereocenters. The molecule has 3 rings (SSSR count). The summed E-state index contributed by atoms with van der Waals surface area (Å²) >= 11 is 0. The predicted molar refractivity (Wildman–Crippen MR) is 88.4 cm³/mol. The molecule has 0 unspecified atom stereocenters. The van der Waals surface area contributed by atoms with Crippen molar-refractivity contribution >= 4 is 11.8 Å². The van der Waals surface area contributed by atoms with Crippen LogP contribution in [0.5, 0.6) is 0 Å². The largest absolute Gasteiger partial charge is 0.383 e. The van der Waals surface area contributed by atoms with E-state index in [0.717, 1.165) is 19.3 Å². The number of rotatable bonds is 4. The number of methoxy groups -OCH3 is 1. The third-order valence-corrected chi connectivity index (χ3v) is 5.14. The molecule has 0 aromatic carbocycles. The number of likely N-dealkylation sites (tertiary alicyclic amines) is 2. The van der Waals surface area contributed by atoms with Crippen LogP contribution in [0.4, 0.5) is 0 Å². The van der Waals surface area contributed by atoms with Gasteiger partial charge in [0.2, 0.25) is 5.91 Å². The van der Waals surface area contributed by atoms with E-state index in [9.17, 15) is 9.59 Å². The zero-order chi connectivity index (χ0) is 17.1. The van der Waals surface area contributed by atoms with Crippen LogP contribution in [0.2, 0.25) is 0 Å². The lowest BCUT2D eigenvalue weighted by atomic mass is 9.88. The summed E-state index contributed by atoms with van der Waals surface area (Å²) < 4.78 is 6.81. The Hall–Kier alpha value is -1.89. The molecule has 2 fully saturated rings. The minimum atomic E-state index is -0.00642. The van der Waals surface area contributed by atoms with E-state index in [1.807, 2.05) is 16.8 Å². The molecule has 2 saturated heterocycles. The van der Waals surface area contributed by atoms with Gasteiger partial charge in [0, 0.05) is 52.5 Å². The van der Waals surface area contributed by atoms with E-state index in [1.54, 1.807) is 24.1 Å². The number of amides is 2. The second-order valence-corrected chi connectivity index (χ2v) is 6.71. The highest BCUT2D eigenvalue weighted by atomic mass is 16.5. The first kappa shape index (κ1) is 17.0. The molecule has 132 valence electrons. The normalized spacial score (nSPS) is 24.7. The van der Waals surface area contributed by atoms with Crippen molar-refractivity contribution in [2.75, 3.05) is 33.4 Å². The zero-order valence-electron chi connectivity index (χ0n) is 14.5. The van der Waals surface area contributed by atoms with Gasteiger partial charge in [-0.3, -0.25) is 14.3 Å². The van der Waals surface area contributed by atoms with E-state index < -0.39 is 0 Å². The van der Waals surface area contributed by atoms with Gasteiger partial charge in [0.05, 0.1) is 6.61 Å². The van der Waals surface area contributed by atoms with Gasteiger partial charge in [-0.2, -0.15) is 5.10 Å². The van der Waals surface area contributed by atoms with E-state index in [1.165, 1.54) is 0 Å². The number of nitrogens with zero attached hydrogens (tertiary/aromatic N) is 4. The quantitative estimate of drug-likeness (QED) is 0.821. The van der Waals surface area contributed by atoms with E-state index in [-0.39, 0.29) is 17.9 Å². The second kappa shape index (κ2) is 7.34. The molecule has 1 aromatic heterocycles. The Morgan fingerprint density at radius 3 is 2.96 bits per heavy atom. The van der Waals surface area contributed by atoms with Crippen molar-refractivity contribution in [1.82, 2.24) is 19.6 Å². The highest BCUT2D eigenvalue weighted by Crippen LogP contribution is 2.30. The van der Waals surface area contributed by atoms with Gasteiger partial charge in [0.1, 0.15) is 5.69 Å². The molecule has 7 nitrogen and oxygen atoms in total. The molecule has 2 aliphatic heterocycles. The van der Waals surface area contributed by atoms with Crippen LogP contribution in [0.1, 0.15) is 36.2 Å². The van der Waals surface area contributed by atoms with E-state index in [0.29, 0.717) is 44.3 Å². The fourth-order valence-electron chi connectivity index (χ4n) is 3.91. The van der Waals surface area contributed by atoms with E-state index in [2.05, 4.69) is 5.10 Å². The van der Waals surface area contributed by atoms with Gasteiger partial charge in [0.25, 0.3) is 5.91 Å². The molecule has 2 aliphatic rings. The van der Waals surface area contributed by atoms with Gasteiger partial charge in [-0.05, 0) is 31.2 Å². The summed E-state index contributed by atoms with van der Waals surface area (Å²) in [6, 6.07) is 1.98. The Labute approximate surface area is 142 Å². The van der Waals surface area contributed by atoms with Crippen LogP contribution >= 0.6 is 0 Å². The third kappa shape index (κ3) is 3.45. The van der Waals surface area contributed by atoms with Gasteiger partial charge >= 0.3 is 0 Å². The SMILES string of the molecule is COCCN1C(=O)CCC[C@H]2CN(C(=O)c3ccn(C)n3)CC[C@H]21. The molecule has 0 bridgehead atoms. The van der Waals surface area contributed by atoms with E-state index >= 15 is 0 Å². The Morgan fingerprint density at radius 1 is 1.42 bits per heavy atom. The maximum Gasteiger partial charge on any atom is 0.274 e. The number of hydrogen-bond donors (Lipinski definition) is 0. The summed E-state index contributed by atoms with van der Waals surface area (Å²) in [4.78, 5) is 28.9. The first-order valence-corrected chi connectivity index (χ1v) is 8.67. The standard InChI is InChI=1S/C17H26N4O3/c1-19-8-6-14(18-19)17(23)20-9-7-15-13(12-20)4-3-5-16(22)21(15)10-11-24-2/h6,8,13,15H,3-5,7,9-12H2,1-2H3/t13-,15+/m0/s1. The third-order valence-electron chi connectivity index (χ3n) is 5.14. The van der Waals surface area contributed by atoms with Crippen LogP contribution < -0.4 is 0 Å². The number of aromatic nitrogens is 2. The van der Waals surface area contributed by atoms with Gasteiger partial charge in [-0.1, -0.05) is 0 Å². The molecule has 0 saturated carbocycles. The van der Waals surface area contributed by atoms with Crippen LogP contribution in [0.15, 0.2) is 12.3 Å². The number of fused-ring (bicyclic) bond motifs is 1. The summed E-state index contributed by atoms with van der Waals surface area (Å²) in [6.07, 6.45) is 5.11. The summed E-state index contributed by atoms with van der Waals surface area (Å²) in [5, 5.41) is 4.22. The second-order valence-electron chi connectivity index (χ2n) is 6.71. The molecule has 0 aliphatic carbocycles. The minimum absolute atomic E-state index is 0.00642. The summed E-state index contributed by atoms with van der Waals surface area (Å²) in [5.41, 5.74) is 0.497. The molecule has 1 aromatic rings. The van der Waals surface area contributed by atoms with Crippen molar-refractivity contribution < 1.29 is 14.3 Å². The maximum atomic E-state index is 12.6. The van der Waals surface area contributed by atoms with Crippen LogP contribution in [0, 0.1) is 5.92 Å². The molecule has 0 radical (unpaired) electrons. The van der Waals surface area contributed by atoms with Crippen LogP contribution in [0.25, 0.3) is 0 Å². The Morgan fingerprint density at radius 2 is 2.25 bits per heavy atom. The molecular formula is C17H26N4O3. The fourth-order valence-corrected chi connectivity index (χ4v) is 3.91. The van der Waals surface area contributed by atoms with Crippen molar-refractivity contribution in [1.29, 1.82) is 0 Å². The number of ether oxygens (including phenoxy) is 1. The highest BCUT2D eigenvalue weighted by Gasteiger charge is 2.38.